The van der Waals surface area contributed by atoms with Crippen LogP contribution in [0.25, 0.3) is 0 Å². The molecule has 0 unspecified atom stereocenters. The number of benzene rings is 1. The van der Waals surface area contributed by atoms with Crippen LogP contribution in [0.5, 0.6) is 0 Å². The number of hydrogen-bond donors (Lipinski definition) is 0. The number of oxime groups is 1. The van der Waals surface area contributed by atoms with Crippen molar-refractivity contribution in [1.82, 2.24) is 0 Å². The quantitative estimate of drug-likeness (QED) is 0.472. The number of nitrogens with zero attached hydrogens (tertiary/aromatic N) is 2. The molecule has 23 heavy (non-hydrogen) atoms. The predicted molar refractivity (Wildman–Crippen MR) is 81.3 cm³/mol. The summed E-state index contributed by atoms with van der Waals surface area (Å²) in [6.07, 6.45) is 2.60. The Hall–Kier alpha value is -2.81. The molecule has 1 aromatic rings. The number of allylic oxidation sites excluding steroid dienone is 4. The van der Waals surface area contributed by atoms with Crippen LogP contribution in [0, 0.1) is 10.1 Å². The molecule has 0 aliphatic heterocycles. The van der Waals surface area contributed by atoms with E-state index in [0.717, 1.165) is 18.2 Å². The maximum atomic E-state index is 12.0. The van der Waals surface area contributed by atoms with Gasteiger partial charge in [-0.3, -0.25) is 19.2 Å². The summed E-state index contributed by atoms with van der Waals surface area (Å²) in [5.74, 6) is -0.192. The average Bonchev–Trinajstić information content (AvgIpc) is 2.52. The molecule has 0 heterocycles. The summed E-state index contributed by atoms with van der Waals surface area (Å²) < 4.78 is 28.7. The first-order valence-electron chi connectivity index (χ1n) is 6.39. The van der Waals surface area contributed by atoms with E-state index in [1.54, 1.807) is 13.8 Å². The highest BCUT2D eigenvalue weighted by molar-refractivity contribution is 7.86. The van der Waals surface area contributed by atoms with Crippen molar-refractivity contribution in [2.75, 3.05) is 0 Å². The Kier molecular flexibility index (Phi) is 4.41. The van der Waals surface area contributed by atoms with E-state index in [0.29, 0.717) is 11.1 Å². The van der Waals surface area contributed by atoms with Crippen LogP contribution in [0.1, 0.15) is 13.8 Å². The molecule has 0 spiro atoms. The zero-order valence-corrected chi connectivity index (χ0v) is 13.0. The van der Waals surface area contributed by atoms with Gasteiger partial charge in [-0.15, -0.1) is 0 Å². The fourth-order valence-electron chi connectivity index (χ4n) is 1.77. The van der Waals surface area contributed by atoms with Crippen molar-refractivity contribution in [3.05, 3.63) is 57.7 Å². The molecule has 0 aromatic heterocycles. The van der Waals surface area contributed by atoms with E-state index in [-0.39, 0.29) is 22.1 Å². The van der Waals surface area contributed by atoms with Crippen molar-refractivity contribution in [1.29, 1.82) is 0 Å². The lowest BCUT2D eigenvalue weighted by Gasteiger charge is -2.10. The van der Waals surface area contributed by atoms with Gasteiger partial charge in [-0.2, -0.15) is 8.42 Å². The summed E-state index contributed by atoms with van der Waals surface area (Å²) in [5.41, 5.74) is 0.739. The Labute approximate surface area is 132 Å². The first kappa shape index (κ1) is 16.6. The second-order valence-electron chi connectivity index (χ2n) is 4.71. The van der Waals surface area contributed by atoms with E-state index < -0.39 is 15.0 Å². The Morgan fingerprint density at radius 3 is 2.52 bits per heavy atom. The van der Waals surface area contributed by atoms with E-state index >= 15 is 0 Å². The summed E-state index contributed by atoms with van der Waals surface area (Å²) in [5, 5.41) is 14.2. The number of hydrogen-bond acceptors (Lipinski definition) is 7. The van der Waals surface area contributed by atoms with Gasteiger partial charge in [0.2, 0.25) is 0 Å². The number of non-ortho nitro benzene ring substituents is 1. The molecule has 2 rings (SSSR count). The topological polar surface area (TPSA) is 116 Å². The number of nitro groups is 1. The second kappa shape index (κ2) is 6.13. The van der Waals surface area contributed by atoms with Crippen molar-refractivity contribution in [3.63, 3.8) is 0 Å². The monoisotopic (exact) mass is 336 g/mol. The Morgan fingerprint density at radius 1 is 1.17 bits per heavy atom. The number of rotatable bonds is 4. The lowest BCUT2D eigenvalue weighted by atomic mass is 9.97. The van der Waals surface area contributed by atoms with Gasteiger partial charge < -0.3 is 0 Å². The summed E-state index contributed by atoms with van der Waals surface area (Å²) in [6, 6.07) is 4.44. The molecule has 120 valence electrons. The minimum atomic E-state index is -4.30. The zero-order valence-electron chi connectivity index (χ0n) is 12.2. The molecular formula is C14H12N2O6S. The summed E-state index contributed by atoms with van der Waals surface area (Å²) >= 11 is 0. The van der Waals surface area contributed by atoms with Gasteiger partial charge in [0.1, 0.15) is 10.6 Å². The van der Waals surface area contributed by atoms with Gasteiger partial charge in [0.05, 0.1) is 4.92 Å². The smallest absolute Gasteiger partial charge is 0.290 e. The third kappa shape index (κ3) is 3.51. The zero-order chi connectivity index (χ0) is 17.2. The highest BCUT2D eigenvalue weighted by atomic mass is 32.2. The van der Waals surface area contributed by atoms with Crippen LogP contribution in [0.3, 0.4) is 0 Å². The van der Waals surface area contributed by atoms with Gasteiger partial charge in [-0.1, -0.05) is 11.2 Å². The normalized spacial score (nSPS) is 16.8. The van der Waals surface area contributed by atoms with Gasteiger partial charge >= 0.3 is 10.1 Å². The SMILES string of the molecule is CC1=C(C)/C(=N\OS(=O)(=O)c2cccc([N+](=O)[O-])c2)C=CC1=O. The lowest BCUT2D eigenvalue weighted by Crippen LogP contribution is -2.12. The second-order valence-corrected chi connectivity index (χ2v) is 6.24. The molecule has 1 aliphatic carbocycles. The van der Waals surface area contributed by atoms with Crippen molar-refractivity contribution < 1.29 is 22.4 Å². The maximum Gasteiger partial charge on any atom is 0.358 e. The van der Waals surface area contributed by atoms with Crippen LogP contribution in [0.15, 0.2) is 57.6 Å². The fraction of sp³-hybridized carbons (Fsp3) is 0.143. The fourth-order valence-corrected chi connectivity index (χ4v) is 2.54. The third-order valence-electron chi connectivity index (χ3n) is 3.26. The average molecular weight is 336 g/mol. The Morgan fingerprint density at radius 2 is 1.87 bits per heavy atom. The van der Waals surface area contributed by atoms with Crippen molar-refractivity contribution >= 4 is 27.3 Å². The summed E-state index contributed by atoms with van der Waals surface area (Å²) in [7, 11) is -4.30. The number of nitro benzene ring substituents is 1. The molecule has 9 heteroatoms. The molecule has 0 N–H and O–H groups in total. The molecule has 0 atom stereocenters. The Bertz CT molecular complexity index is 880. The molecule has 0 radical (unpaired) electrons. The van der Waals surface area contributed by atoms with Crippen molar-refractivity contribution in [2.45, 2.75) is 18.7 Å². The van der Waals surface area contributed by atoms with Gasteiger partial charge in [0.25, 0.3) is 5.69 Å². The van der Waals surface area contributed by atoms with E-state index in [9.17, 15) is 23.3 Å². The summed E-state index contributed by atoms with van der Waals surface area (Å²) in [4.78, 5) is 21.0. The van der Waals surface area contributed by atoms with Crippen molar-refractivity contribution in [3.8, 4) is 0 Å². The van der Waals surface area contributed by atoms with Crippen LogP contribution in [-0.4, -0.2) is 24.8 Å². The van der Waals surface area contributed by atoms with Crippen LogP contribution >= 0.6 is 0 Å². The van der Waals surface area contributed by atoms with Gasteiger partial charge in [-0.25, -0.2) is 0 Å². The van der Waals surface area contributed by atoms with Crippen LogP contribution in [0.4, 0.5) is 5.69 Å². The molecule has 0 saturated carbocycles. The molecule has 0 bridgehead atoms. The molecule has 1 aliphatic rings. The summed E-state index contributed by atoms with van der Waals surface area (Å²) in [6.45, 7) is 3.20. The van der Waals surface area contributed by atoms with Crippen molar-refractivity contribution in [2.24, 2.45) is 5.16 Å². The number of carbonyl (C=O) groups excluding carboxylic acids is 1. The predicted octanol–water partition coefficient (Wildman–Crippen LogP) is 2.13. The Balaban J connectivity index is 2.31. The van der Waals surface area contributed by atoms with Gasteiger partial charge in [0.15, 0.2) is 5.78 Å². The first-order chi connectivity index (χ1) is 10.7. The first-order valence-corrected chi connectivity index (χ1v) is 7.79. The molecule has 8 nitrogen and oxygen atoms in total. The minimum absolute atomic E-state index is 0.191. The van der Waals surface area contributed by atoms with Gasteiger partial charge in [-0.05, 0) is 37.6 Å². The maximum absolute atomic E-state index is 12.0. The largest absolute Gasteiger partial charge is 0.358 e. The minimum Gasteiger partial charge on any atom is -0.290 e. The van der Waals surface area contributed by atoms with E-state index in [1.807, 2.05) is 0 Å². The van der Waals surface area contributed by atoms with E-state index in [2.05, 4.69) is 9.44 Å². The highest BCUT2D eigenvalue weighted by Gasteiger charge is 2.21. The number of carbonyl (C=O) groups is 1. The molecule has 0 fully saturated rings. The van der Waals surface area contributed by atoms with Crippen LogP contribution in [-0.2, 0) is 19.2 Å². The molecular weight excluding hydrogens is 324 g/mol. The highest BCUT2D eigenvalue weighted by Crippen LogP contribution is 2.20. The van der Waals surface area contributed by atoms with Crippen LogP contribution in [0.2, 0.25) is 0 Å². The van der Waals surface area contributed by atoms with E-state index in [4.69, 9.17) is 0 Å². The van der Waals surface area contributed by atoms with E-state index in [1.165, 1.54) is 18.2 Å². The number of ketones is 1. The van der Waals surface area contributed by atoms with Crippen LogP contribution < -0.4 is 0 Å². The lowest BCUT2D eigenvalue weighted by molar-refractivity contribution is -0.385. The standard InChI is InChI=1S/C14H12N2O6S/c1-9-10(2)14(17)7-6-13(9)15-22-23(20,21)12-5-3-4-11(8-12)16(18)19/h3-8H,1-2H3/b15-13-. The molecule has 1 aromatic carbocycles. The van der Waals surface area contributed by atoms with Gasteiger partial charge in [0, 0.05) is 17.7 Å². The molecule has 0 saturated heterocycles. The third-order valence-corrected chi connectivity index (χ3v) is 4.36. The molecule has 0 amide bonds.